The summed E-state index contributed by atoms with van der Waals surface area (Å²) in [6.07, 6.45) is -5.11. The molecule has 1 unspecified atom stereocenters. The van der Waals surface area contributed by atoms with E-state index in [-0.39, 0.29) is 0 Å². The Kier molecular flexibility index (Phi) is 4.09. The van der Waals surface area contributed by atoms with Crippen LogP contribution in [0.2, 0.25) is 0 Å². The molecule has 0 heterocycles. The van der Waals surface area contributed by atoms with E-state index >= 15 is 0 Å². The van der Waals surface area contributed by atoms with Crippen molar-refractivity contribution in [2.75, 3.05) is 18.2 Å². The minimum Gasteiger partial charge on any atom is -0.495 e. The maximum Gasteiger partial charge on any atom is 0.391 e. The number of alkyl halides is 3. The molecule has 1 rings (SSSR count). The lowest BCUT2D eigenvalue weighted by molar-refractivity contribution is -0.136. The van der Waals surface area contributed by atoms with Gasteiger partial charge in [0.05, 0.1) is 24.9 Å². The molecule has 0 bridgehead atoms. The van der Waals surface area contributed by atoms with E-state index in [9.17, 15) is 13.2 Å². The molecule has 1 aromatic carbocycles. The number of nitrogen functional groups attached to an aromatic ring is 1. The van der Waals surface area contributed by atoms with Crippen molar-refractivity contribution in [3.8, 4) is 5.75 Å². The Balaban J connectivity index is 2.75. The normalized spacial score (nSPS) is 13.2. The number of nitrogens with two attached hydrogens (primary N) is 1. The van der Waals surface area contributed by atoms with Crippen LogP contribution in [-0.2, 0) is 0 Å². The van der Waals surface area contributed by atoms with E-state index in [1.54, 1.807) is 18.2 Å². The van der Waals surface area contributed by atoms with Gasteiger partial charge in [0.25, 0.3) is 0 Å². The van der Waals surface area contributed by atoms with Crippen LogP contribution in [0.5, 0.6) is 5.75 Å². The lowest BCUT2D eigenvalue weighted by Gasteiger charge is -2.19. The summed E-state index contributed by atoms with van der Waals surface area (Å²) < 4.78 is 41.5. The molecule has 3 N–H and O–H groups in total. The van der Waals surface area contributed by atoms with Crippen molar-refractivity contribution in [2.45, 2.75) is 25.6 Å². The van der Waals surface area contributed by atoms with E-state index in [0.717, 1.165) is 0 Å². The number of nitrogens with one attached hydrogen (secondary N) is 1. The van der Waals surface area contributed by atoms with Gasteiger partial charge in [-0.1, -0.05) is 6.07 Å². The van der Waals surface area contributed by atoms with Crippen LogP contribution < -0.4 is 15.8 Å². The zero-order chi connectivity index (χ0) is 13.1. The highest BCUT2D eigenvalue weighted by atomic mass is 19.4. The summed E-state index contributed by atoms with van der Waals surface area (Å²) in [4.78, 5) is 0. The summed E-state index contributed by atoms with van der Waals surface area (Å²) in [5.41, 5.74) is 6.49. The molecule has 0 radical (unpaired) electrons. The molecule has 0 aliphatic heterocycles. The minimum absolute atomic E-state index is 0.309. The van der Waals surface area contributed by atoms with Crippen molar-refractivity contribution in [1.82, 2.24) is 0 Å². The summed E-state index contributed by atoms with van der Waals surface area (Å²) in [6.45, 7) is 1.45. The largest absolute Gasteiger partial charge is 0.495 e. The molecule has 0 saturated heterocycles. The highest BCUT2D eigenvalue weighted by molar-refractivity contribution is 5.73. The van der Waals surface area contributed by atoms with Crippen molar-refractivity contribution < 1.29 is 17.9 Å². The number of halogens is 3. The van der Waals surface area contributed by atoms with Gasteiger partial charge in [-0.05, 0) is 19.1 Å². The molecule has 0 aromatic heterocycles. The Bertz CT molecular complexity index is 379. The summed E-state index contributed by atoms with van der Waals surface area (Å²) in [7, 11) is 1.45. The van der Waals surface area contributed by atoms with Crippen LogP contribution in [0.15, 0.2) is 18.2 Å². The molecule has 17 heavy (non-hydrogen) atoms. The third-order valence-electron chi connectivity index (χ3n) is 2.23. The van der Waals surface area contributed by atoms with Gasteiger partial charge in [-0.25, -0.2) is 0 Å². The summed E-state index contributed by atoms with van der Waals surface area (Å²) in [5, 5.41) is 2.72. The Morgan fingerprint density at radius 2 is 2.06 bits per heavy atom. The standard InChI is InChI=1S/C11H15F3N2O/c1-7(6-11(12,13)14)16-8-4-3-5-9(17-2)10(8)15/h3-5,7,16H,6,15H2,1-2H3. The van der Waals surface area contributed by atoms with E-state index in [1.165, 1.54) is 14.0 Å². The van der Waals surface area contributed by atoms with Crippen LogP contribution in [0.3, 0.4) is 0 Å². The van der Waals surface area contributed by atoms with E-state index in [2.05, 4.69) is 5.32 Å². The topological polar surface area (TPSA) is 47.3 Å². The minimum atomic E-state index is -4.19. The lowest BCUT2D eigenvalue weighted by atomic mass is 10.2. The third kappa shape index (κ3) is 4.05. The number of para-hydroxylation sites is 1. The van der Waals surface area contributed by atoms with E-state index in [4.69, 9.17) is 10.5 Å². The fourth-order valence-corrected chi connectivity index (χ4v) is 1.51. The second kappa shape index (κ2) is 5.16. The van der Waals surface area contributed by atoms with Gasteiger partial charge in [0.15, 0.2) is 0 Å². The molecule has 0 fully saturated rings. The fourth-order valence-electron chi connectivity index (χ4n) is 1.51. The second-order valence-electron chi connectivity index (χ2n) is 3.79. The molecule has 96 valence electrons. The molecule has 0 spiro atoms. The van der Waals surface area contributed by atoms with E-state index in [0.29, 0.717) is 17.1 Å². The first-order chi connectivity index (χ1) is 7.83. The zero-order valence-electron chi connectivity index (χ0n) is 9.64. The highest BCUT2D eigenvalue weighted by Gasteiger charge is 2.30. The van der Waals surface area contributed by atoms with Crippen molar-refractivity contribution >= 4 is 11.4 Å². The molecule has 0 amide bonds. The molecule has 0 aliphatic rings. The first-order valence-corrected chi connectivity index (χ1v) is 5.09. The van der Waals surface area contributed by atoms with Crippen molar-refractivity contribution in [1.29, 1.82) is 0 Å². The summed E-state index contributed by atoms with van der Waals surface area (Å²) in [6, 6.07) is 4.18. The van der Waals surface area contributed by atoms with Crippen LogP contribution in [-0.4, -0.2) is 19.3 Å². The number of ether oxygens (including phenoxy) is 1. The number of benzene rings is 1. The molecule has 3 nitrogen and oxygen atoms in total. The first kappa shape index (κ1) is 13.5. The number of anilines is 2. The van der Waals surface area contributed by atoms with Gasteiger partial charge in [0.1, 0.15) is 5.75 Å². The molecule has 1 aromatic rings. The van der Waals surface area contributed by atoms with Crippen LogP contribution in [0.25, 0.3) is 0 Å². The molecular weight excluding hydrogens is 233 g/mol. The third-order valence-corrected chi connectivity index (χ3v) is 2.23. The maximum atomic E-state index is 12.2. The van der Waals surface area contributed by atoms with Crippen LogP contribution in [0.1, 0.15) is 13.3 Å². The average Bonchev–Trinajstić information content (AvgIpc) is 2.18. The summed E-state index contributed by atoms with van der Waals surface area (Å²) >= 11 is 0. The molecular formula is C11H15F3N2O. The van der Waals surface area contributed by atoms with Crippen molar-refractivity contribution in [3.63, 3.8) is 0 Å². The van der Waals surface area contributed by atoms with Crippen LogP contribution >= 0.6 is 0 Å². The van der Waals surface area contributed by atoms with Crippen LogP contribution in [0.4, 0.5) is 24.5 Å². The number of hydrogen-bond donors (Lipinski definition) is 2. The Morgan fingerprint density at radius 1 is 1.41 bits per heavy atom. The van der Waals surface area contributed by atoms with Gasteiger partial charge in [-0.3, -0.25) is 0 Å². The SMILES string of the molecule is COc1cccc(NC(C)CC(F)(F)F)c1N. The lowest BCUT2D eigenvalue weighted by Crippen LogP contribution is -2.24. The Hall–Kier alpha value is -1.59. The first-order valence-electron chi connectivity index (χ1n) is 5.09. The predicted molar refractivity (Wildman–Crippen MR) is 61.2 cm³/mol. The van der Waals surface area contributed by atoms with Gasteiger partial charge < -0.3 is 15.8 Å². The average molecular weight is 248 g/mol. The smallest absolute Gasteiger partial charge is 0.391 e. The highest BCUT2D eigenvalue weighted by Crippen LogP contribution is 2.31. The molecule has 0 saturated carbocycles. The van der Waals surface area contributed by atoms with Crippen molar-refractivity contribution in [3.05, 3.63) is 18.2 Å². The Morgan fingerprint density at radius 3 is 2.59 bits per heavy atom. The number of rotatable bonds is 4. The zero-order valence-corrected chi connectivity index (χ0v) is 9.64. The fraction of sp³-hybridized carbons (Fsp3) is 0.455. The van der Waals surface area contributed by atoms with E-state index < -0.39 is 18.6 Å². The molecule has 1 atom stereocenters. The van der Waals surface area contributed by atoms with Gasteiger partial charge in [-0.2, -0.15) is 13.2 Å². The quantitative estimate of drug-likeness (QED) is 0.805. The molecule has 6 heteroatoms. The summed E-state index contributed by atoms with van der Waals surface area (Å²) in [5.74, 6) is 0.439. The van der Waals surface area contributed by atoms with Crippen molar-refractivity contribution in [2.24, 2.45) is 0 Å². The molecule has 0 aliphatic carbocycles. The Labute approximate surface area is 97.8 Å². The predicted octanol–water partition coefficient (Wildman–Crippen LogP) is 3.03. The van der Waals surface area contributed by atoms with Gasteiger partial charge in [-0.15, -0.1) is 0 Å². The van der Waals surface area contributed by atoms with Gasteiger partial charge in [0.2, 0.25) is 0 Å². The number of methoxy groups -OCH3 is 1. The van der Waals surface area contributed by atoms with Gasteiger partial charge >= 0.3 is 6.18 Å². The maximum absolute atomic E-state index is 12.2. The van der Waals surface area contributed by atoms with Crippen LogP contribution in [0, 0.1) is 0 Å². The number of hydrogen-bond acceptors (Lipinski definition) is 3. The van der Waals surface area contributed by atoms with Gasteiger partial charge in [0, 0.05) is 6.04 Å². The monoisotopic (exact) mass is 248 g/mol. The second-order valence-corrected chi connectivity index (χ2v) is 3.79. The van der Waals surface area contributed by atoms with E-state index in [1.807, 2.05) is 0 Å².